The lowest BCUT2D eigenvalue weighted by Crippen LogP contribution is -2.32. The number of rotatable bonds is 4. The highest BCUT2D eigenvalue weighted by Crippen LogP contribution is 2.35. The maximum Gasteiger partial charge on any atom is 0.282 e. The van der Waals surface area contributed by atoms with Gasteiger partial charge in [0.2, 0.25) is 0 Å². The molecular weight excluding hydrogens is 403 g/mol. The predicted molar refractivity (Wildman–Crippen MR) is 117 cm³/mol. The molecule has 0 aromatic heterocycles. The summed E-state index contributed by atoms with van der Waals surface area (Å²) in [4.78, 5) is 27.6. The Morgan fingerprint density at radius 2 is 1.60 bits per heavy atom. The van der Waals surface area contributed by atoms with Gasteiger partial charge in [-0.15, -0.1) is 0 Å². The molecule has 4 rings (SSSR count). The van der Waals surface area contributed by atoms with E-state index in [4.69, 9.17) is 11.6 Å². The maximum absolute atomic E-state index is 13.6. The number of carbonyl (C=O) groups excluding carboxylic acids is 2. The van der Waals surface area contributed by atoms with Crippen molar-refractivity contribution >= 4 is 40.4 Å². The molecule has 1 aliphatic heterocycles. The summed E-state index contributed by atoms with van der Waals surface area (Å²) in [6.45, 7) is 3.97. The first-order valence-electron chi connectivity index (χ1n) is 9.34. The highest BCUT2D eigenvalue weighted by atomic mass is 35.5. The van der Waals surface area contributed by atoms with E-state index in [1.807, 2.05) is 38.1 Å². The average molecular weight is 421 g/mol. The first-order chi connectivity index (χ1) is 14.4. The molecule has 0 unspecified atom stereocenters. The van der Waals surface area contributed by atoms with Crippen molar-refractivity contribution in [1.82, 2.24) is 0 Å². The molecule has 4 nitrogen and oxygen atoms in total. The van der Waals surface area contributed by atoms with Crippen LogP contribution in [0.1, 0.15) is 16.7 Å². The third kappa shape index (κ3) is 3.48. The first kappa shape index (κ1) is 19.9. The molecule has 1 N–H and O–H groups in total. The van der Waals surface area contributed by atoms with E-state index in [1.54, 1.807) is 24.3 Å². The molecule has 2 amide bonds. The van der Waals surface area contributed by atoms with Gasteiger partial charge in [0.15, 0.2) is 0 Å². The van der Waals surface area contributed by atoms with Gasteiger partial charge < -0.3 is 5.32 Å². The molecule has 0 atom stereocenters. The van der Waals surface area contributed by atoms with Crippen LogP contribution in [0.15, 0.2) is 72.4 Å². The minimum atomic E-state index is -0.621. The third-order valence-corrected chi connectivity index (χ3v) is 5.37. The van der Waals surface area contributed by atoms with Gasteiger partial charge in [-0.3, -0.25) is 9.59 Å². The predicted octanol–water partition coefficient (Wildman–Crippen LogP) is 5.49. The molecule has 0 fully saturated rings. The number of hydrogen-bond acceptors (Lipinski definition) is 3. The van der Waals surface area contributed by atoms with E-state index in [0.717, 1.165) is 22.1 Å². The molecule has 0 bridgehead atoms. The molecule has 0 aliphatic carbocycles. The van der Waals surface area contributed by atoms with Crippen LogP contribution in [0, 0.1) is 19.7 Å². The SMILES string of the molecule is Cc1ccc(NC2=C(c3ccccc3)C(=O)N(c3ccc(F)c(Cl)c3)C2=O)cc1C. The van der Waals surface area contributed by atoms with Crippen molar-refractivity contribution < 1.29 is 14.0 Å². The molecule has 0 saturated carbocycles. The summed E-state index contributed by atoms with van der Waals surface area (Å²) in [6.07, 6.45) is 0. The summed E-state index contributed by atoms with van der Waals surface area (Å²) in [5, 5.41) is 2.96. The van der Waals surface area contributed by atoms with Gasteiger partial charge in [-0.2, -0.15) is 0 Å². The van der Waals surface area contributed by atoms with Crippen molar-refractivity contribution in [2.75, 3.05) is 10.2 Å². The fourth-order valence-electron chi connectivity index (χ4n) is 3.34. The maximum atomic E-state index is 13.6. The molecule has 1 aliphatic rings. The van der Waals surface area contributed by atoms with Crippen molar-refractivity contribution in [3.63, 3.8) is 0 Å². The van der Waals surface area contributed by atoms with Gasteiger partial charge in [-0.05, 0) is 60.9 Å². The largest absolute Gasteiger partial charge is 0.350 e. The van der Waals surface area contributed by atoms with Gasteiger partial charge in [-0.25, -0.2) is 9.29 Å². The van der Waals surface area contributed by atoms with Gasteiger partial charge in [-0.1, -0.05) is 48.0 Å². The number of nitrogens with zero attached hydrogens (tertiary/aromatic N) is 1. The van der Waals surface area contributed by atoms with Crippen LogP contribution in [0.2, 0.25) is 5.02 Å². The second-order valence-corrected chi connectivity index (χ2v) is 7.49. The van der Waals surface area contributed by atoms with Crippen LogP contribution in [-0.4, -0.2) is 11.8 Å². The second-order valence-electron chi connectivity index (χ2n) is 7.08. The smallest absolute Gasteiger partial charge is 0.282 e. The van der Waals surface area contributed by atoms with Crippen molar-refractivity contribution in [3.8, 4) is 0 Å². The fourth-order valence-corrected chi connectivity index (χ4v) is 3.52. The van der Waals surface area contributed by atoms with Crippen molar-refractivity contribution in [2.24, 2.45) is 0 Å². The summed E-state index contributed by atoms with van der Waals surface area (Å²) in [5.74, 6) is -1.65. The van der Waals surface area contributed by atoms with Gasteiger partial charge in [0.25, 0.3) is 11.8 Å². The second kappa shape index (κ2) is 7.76. The van der Waals surface area contributed by atoms with Crippen LogP contribution < -0.4 is 10.2 Å². The van der Waals surface area contributed by atoms with Crippen molar-refractivity contribution in [1.29, 1.82) is 0 Å². The Morgan fingerprint density at radius 3 is 2.27 bits per heavy atom. The molecule has 30 heavy (non-hydrogen) atoms. The fraction of sp³-hybridized carbons (Fsp3) is 0.0833. The van der Waals surface area contributed by atoms with Gasteiger partial charge in [0, 0.05) is 5.69 Å². The summed E-state index contributed by atoms with van der Waals surface area (Å²) < 4.78 is 13.6. The average Bonchev–Trinajstić information content (AvgIpc) is 2.97. The third-order valence-electron chi connectivity index (χ3n) is 5.08. The van der Waals surface area contributed by atoms with E-state index < -0.39 is 17.6 Å². The summed E-state index contributed by atoms with van der Waals surface area (Å²) in [5.41, 5.74) is 4.10. The number of aryl methyl sites for hydroxylation is 2. The lowest BCUT2D eigenvalue weighted by atomic mass is 10.0. The lowest BCUT2D eigenvalue weighted by molar-refractivity contribution is -0.120. The molecule has 3 aromatic rings. The van der Waals surface area contributed by atoms with Gasteiger partial charge in [0.05, 0.1) is 16.3 Å². The minimum Gasteiger partial charge on any atom is -0.350 e. The number of nitrogens with one attached hydrogen (secondary N) is 1. The van der Waals surface area contributed by atoms with E-state index >= 15 is 0 Å². The highest BCUT2D eigenvalue weighted by Gasteiger charge is 2.40. The van der Waals surface area contributed by atoms with Crippen LogP contribution in [0.5, 0.6) is 0 Å². The summed E-state index contributed by atoms with van der Waals surface area (Å²) >= 11 is 5.89. The summed E-state index contributed by atoms with van der Waals surface area (Å²) in [7, 11) is 0. The van der Waals surface area contributed by atoms with E-state index in [9.17, 15) is 14.0 Å². The van der Waals surface area contributed by atoms with Crippen LogP contribution in [0.4, 0.5) is 15.8 Å². The van der Waals surface area contributed by atoms with E-state index in [0.29, 0.717) is 11.3 Å². The van der Waals surface area contributed by atoms with E-state index in [-0.39, 0.29) is 22.0 Å². The molecule has 150 valence electrons. The Hall–Kier alpha value is -3.44. The minimum absolute atomic E-state index is 0.162. The number of carbonyl (C=O) groups is 2. The summed E-state index contributed by atoms with van der Waals surface area (Å²) in [6, 6.07) is 18.4. The highest BCUT2D eigenvalue weighted by molar-refractivity contribution is 6.46. The molecule has 0 spiro atoms. The van der Waals surface area contributed by atoms with Gasteiger partial charge in [0.1, 0.15) is 11.5 Å². The molecule has 0 radical (unpaired) electrons. The van der Waals surface area contributed by atoms with E-state index in [2.05, 4.69) is 5.32 Å². The van der Waals surface area contributed by atoms with Crippen LogP contribution >= 0.6 is 11.6 Å². The number of imide groups is 1. The van der Waals surface area contributed by atoms with Crippen LogP contribution in [-0.2, 0) is 9.59 Å². The molecular formula is C24H18ClFN2O2. The Morgan fingerprint density at radius 1 is 0.867 bits per heavy atom. The molecule has 0 saturated heterocycles. The zero-order chi connectivity index (χ0) is 21.4. The quantitative estimate of drug-likeness (QED) is 0.567. The Labute approximate surface area is 178 Å². The Balaban J connectivity index is 1.82. The number of hydrogen-bond donors (Lipinski definition) is 1. The molecule has 6 heteroatoms. The van der Waals surface area contributed by atoms with Crippen LogP contribution in [0.3, 0.4) is 0 Å². The number of anilines is 2. The topological polar surface area (TPSA) is 49.4 Å². The van der Waals surface area contributed by atoms with Crippen LogP contribution in [0.25, 0.3) is 5.57 Å². The standard InChI is InChI=1S/C24H18ClFN2O2/c1-14-8-9-17(12-15(14)2)27-22-21(16-6-4-3-5-7-16)23(29)28(24(22)30)18-10-11-20(26)19(25)13-18/h3-13,27H,1-2H3. The first-order valence-corrected chi connectivity index (χ1v) is 9.72. The van der Waals surface area contributed by atoms with Crippen molar-refractivity contribution in [3.05, 3.63) is 100.0 Å². The zero-order valence-corrected chi connectivity index (χ0v) is 17.1. The number of halogens is 2. The monoisotopic (exact) mass is 420 g/mol. The van der Waals surface area contributed by atoms with Crippen molar-refractivity contribution in [2.45, 2.75) is 13.8 Å². The molecule has 1 heterocycles. The van der Waals surface area contributed by atoms with Gasteiger partial charge >= 0.3 is 0 Å². The Kier molecular flexibility index (Phi) is 5.14. The zero-order valence-electron chi connectivity index (χ0n) is 16.4. The molecule has 3 aromatic carbocycles. The number of benzene rings is 3. The number of amides is 2. The lowest BCUT2D eigenvalue weighted by Gasteiger charge is -2.16. The normalized spacial score (nSPS) is 13.9. The van der Waals surface area contributed by atoms with E-state index in [1.165, 1.54) is 12.1 Å². The Bertz CT molecular complexity index is 1210.